The van der Waals surface area contributed by atoms with Crippen molar-refractivity contribution in [1.82, 2.24) is 0 Å². The lowest BCUT2D eigenvalue weighted by molar-refractivity contribution is 0.234. The fraction of sp³-hybridized carbons (Fsp3) is 0.333. The van der Waals surface area contributed by atoms with E-state index in [2.05, 4.69) is 5.32 Å². The molecule has 0 saturated heterocycles. The van der Waals surface area contributed by atoms with Gasteiger partial charge in [-0.15, -0.1) is 0 Å². The van der Waals surface area contributed by atoms with Gasteiger partial charge < -0.3 is 5.32 Å². The second-order valence-electron chi connectivity index (χ2n) is 3.61. The zero-order valence-electron chi connectivity index (χ0n) is 9.94. The van der Waals surface area contributed by atoms with Gasteiger partial charge >= 0.3 is 5.76 Å². The number of benzene rings is 1. The van der Waals surface area contributed by atoms with Crippen LogP contribution in [0, 0.1) is 0 Å². The van der Waals surface area contributed by atoms with Gasteiger partial charge in [0, 0.05) is 12.2 Å². The highest BCUT2D eigenvalue weighted by molar-refractivity contribution is 7.91. The molecule has 6 heteroatoms. The number of rotatable bonds is 6. The monoisotopic (exact) mass is 275 g/mol. The standard InChI is InChI=1S/C12H15F2NO2S/c1-2-3-4-9-15-10-5-7-11(8-6-10)18(16,17)12(13)14/h2-3,5-8,12,15H,4,9H2,1H3/b3-2+. The number of allylic oxidation sites excluding steroid dienone is 1. The largest absolute Gasteiger partial charge is 0.385 e. The van der Waals surface area contributed by atoms with Gasteiger partial charge in [-0.2, -0.15) is 8.78 Å². The van der Waals surface area contributed by atoms with Crippen LogP contribution in [0.3, 0.4) is 0 Å². The fourth-order valence-corrected chi connectivity index (χ4v) is 2.05. The van der Waals surface area contributed by atoms with Gasteiger partial charge in [-0.1, -0.05) is 12.2 Å². The molecule has 3 nitrogen and oxygen atoms in total. The topological polar surface area (TPSA) is 46.2 Å². The summed E-state index contributed by atoms with van der Waals surface area (Å²) < 4.78 is 46.9. The maximum Gasteiger partial charge on any atom is 0.341 e. The van der Waals surface area contributed by atoms with Crippen LogP contribution in [0.4, 0.5) is 14.5 Å². The average Bonchev–Trinajstić information content (AvgIpc) is 2.35. The number of anilines is 1. The average molecular weight is 275 g/mol. The molecule has 100 valence electrons. The summed E-state index contributed by atoms with van der Waals surface area (Å²) in [5.41, 5.74) is 0.702. The maximum atomic E-state index is 12.3. The number of sulfone groups is 1. The predicted octanol–water partition coefficient (Wildman–Crippen LogP) is 3.06. The summed E-state index contributed by atoms with van der Waals surface area (Å²) in [7, 11) is -4.50. The second-order valence-corrected chi connectivity index (χ2v) is 5.53. The first-order valence-electron chi connectivity index (χ1n) is 5.45. The van der Waals surface area contributed by atoms with Crippen LogP contribution < -0.4 is 5.32 Å². The van der Waals surface area contributed by atoms with Crippen molar-refractivity contribution in [3.8, 4) is 0 Å². The van der Waals surface area contributed by atoms with Crippen molar-refractivity contribution in [2.24, 2.45) is 0 Å². The fourth-order valence-electron chi connectivity index (χ4n) is 1.33. The second kappa shape index (κ2) is 6.49. The van der Waals surface area contributed by atoms with Gasteiger partial charge in [0.05, 0.1) is 4.90 Å². The first-order valence-corrected chi connectivity index (χ1v) is 7.00. The third kappa shape index (κ3) is 3.80. The van der Waals surface area contributed by atoms with E-state index in [9.17, 15) is 17.2 Å². The van der Waals surface area contributed by atoms with Gasteiger partial charge in [0.2, 0.25) is 9.84 Å². The van der Waals surface area contributed by atoms with Crippen LogP contribution >= 0.6 is 0 Å². The van der Waals surface area contributed by atoms with E-state index in [0.717, 1.165) is 6.42 Å². The van der Waals surface area contributed by atoms with Gasteiger partial charge in [0.25, 0.3) is 0 Å². The summed E-state index contributed by atoms with van der Waals surface area (Å²) >= 11 is 0. The summed E-state index contributed by atoms with van der Waals surface area (Å²) in [6, 6.07) is 5.31. The van der Waals surface area contributed by atoms with Crippen LogP contribution in [-0.2, 0) is 9.84 Å². The maximum absolute atomic E-state index is 12.3. The van der Waals surface area contributed by atoms with E-state index >= 15 is 0 Å². The zero-order valence-corrected chi connectivity index (χ0v) is 10.8. The van der Waals surface area contributed by atoms with E-state index in [4.69, 9.17) is 0 Å². The summed E-state index contributed by atoms with van der Waals surface area (Å²) in [6.07, 6.45) is 4.76. The summed E-state index contributed by atoms with van der Waals surface area (Å²) in [6.45, 7) is 2.62. The predicted molar refractivity (Wildman–Crippen MR) is 67.6 cm³/mol. The molecule has 0 radical (unpaired) electrons. The van der Waals surface area contributed by atoms with E-state index in [1.165, 1.54) is 24.3 Å². The Labute approximate surface area is 105 Å². The minimum Gasteiger partial charge on any atom is -0.385 e. The van der Waals surface area contributed by atoms with Gasteiger partial charge in [0.1, 0.15) is 0 Å². The van der Waals surface area contributed by atoms with Crippen molar-refractivity contribution in [2.75, 3.05) is 11.9 Å². The van der Waals surface area contributed by atoms with E-state index in [1.54, 1.807) is 0 Å². The molecule has 1 rings (SSSR count). The quantitative estimate of drug-likeness (QED) is 0.641. The molecule has 0 bridgehead atoms. The summed E-state index contributed by atoms with van der Waals surface area (Å²) in [4.78, 5) is -0.364. The number of hydrogen-bond donors (Lipinski definition) is 1. The van der Waals surface area contributed by atoms with Crippen molar-refractivity contribution in [3.63, 3.8) is 0 Å². The molecular weight excluding hydrogens is 260 g/mol. The highest BCUT2D eigenvalue weighted by Gasteiger charge is 2.26. The first kappa shape index (κ1) is 14.6. The van der Waals surface area contributed by atoms with Gasteiger partial charge in [0.15, 0.2) is 0 Å². The van der Waals surface area contributed by atoms with Crippen LogP contribution in [0.2, 0.25) is 0 Å². The van der Waals surface area contributed by atoms with Crippen molar-refractivity contribution in [3.05, 3.63) is 36.4 Å². The Balaban J connectivity index is 2.69. The number of hydrogen-bond acceptors (Lipinski definition) is 3. The smallest absolute Gasteiger partial charge is 0.341 e. The molecule has 1 aromatic rings. The lowest BCUT2D eigenvalue weighted by atomic mass is 10.3. The van der Waals surface area contributed by atoms with E-state index < -0.39 is 15.6 Å². The lowest BCUT2D eigenvalue weighted by Crippen LogP contribution is -2.11. The van der Waals surface area contributed by atoms with Crippen LogP contribution in [0.25, 0.3) is 0 Å². The SMILES string of the molecule is C/C=C/CCNc1ccc(S(=O)(=O)C(F)F)cc1. The van der Waals surface area contributed by atoms with E-state index in [0.29, 0.717) is 12.2 Å². The Kier molecular flexibility index (Phi) is 5.27. The third-order valence-corrected chi connectivity index (χ3v) is 3.69. The Morgan fingerprint density at radius 3 is 2.39 bits per heavy atom. The Hall–Kier alpha value is -1.43. The Bertz CT molecular complexity index is 495. The van der Waals surface area contributed by atoms with Crippen molar-refractivity contribution >= 4 is 15.5 Å². The van der Waals surface area contributed by atoms with Crippen molar-refractivity contribution in [1.29, 1.82) is 0 Å². The molecule has 18 heavy (non-hydrogen) atoms. The molecule has 0 aliphatic carbocycles. The molecule has 0 fully saturated rings. The lowest BCUT2D eigenvalue weighted by Gasteiger charge is -2.06. The van der Waals surface area contributed by atoms with Gasteiger partial charge in [-0.25, -0.2) is 8.42 Å². The molecule has 1 aromatic carbocycles. The summed E-state index contributed by atoms with van der Waals surface area (Å²) in [5, 5.41) is 3.05. The highest BCUT2D eigenvalue weighted by Crippen LogP contribution is 2.20. The number of halogens is 2. The summed E-state index contributed by atoms with van der Waals surface area (Å²) in [5.74, 6) is -3.38. The molecule has 0 spiro atoms. The third-order valence-electron chi connectivity index (χ3n) is 2.29. The highest BCUT2D eigenvalue weighted by atomic mass is 32.2. The van der Waals surface area contributed by atoms with E-state index in [-0.39, 0.29) is 4.90 Å². The van der Waals surface area contributed by atoms with Crippen LogP contribution in [0.15, 0.2) is 41.3 Å². The minimum atomic E-state index is -4.50. The zero-order chi connectivity index (χ0) is 13.6. The minimum absolute atomic E-state index is 0.364. The molecule has 0 aromatic heterocycles. The van der Waals surface area contributed by atoms with Crippen molar-refractivity contribution in [2.45, 2.75) is 24.0 Å². The molecular formula is C12H15F2NO2S. The molecule has 0 aliphatic rings. The molecule has 0 unspecified atom stereocenters. The number of alkyl halides is 2. The molecule has 0 saturated carbocycles. The van der Waals surface area contributed by atoms with Crippen molar-refractivity contribution < 1.29 is 17.2 Å². The normalized spacial score (nSPS) is 12.2. The van der Waals surface area contributed by atoms with E-state index in [1.807, 2.05) is 19.1 Å². The molecule has 0 atom stereocenters. The van der Waals surface area contributed by atoms with Gasteiger partial charge in [-0.05, 0) is 37.6 Å². The molecule has 0 amide bonds. The molecule has 1 N–H and O–H groups in total. The first-order chi connectivity index (χ1) is 8.48. The Morgan fingerprint density at radius 2 is 1.89 bits per heavy atom. The van der Waals surface area contributed by atoms with Crippen LogP contribution in [0.5, 0.6) is 0 Å². The van der Waals surface area contributed by atoms with Crippen LogP contribution in [-0.4, -0.2) is 20.7 Å². The number of nitrogens with one attached hydrogen (secondary N) is 1. The van der Waals surface area contributed by atoms with Gasteiger partial charge in [-0.3, -0.25) is 0 Å². The Morgan fingerprint density at radius 1 is 1.28 bits per heavy atom. The molecule has 0 aliphatic heterocycles. The van der Waals surface area contributed by atoms with Crippen LogP contribution in [0.1, 0.15) is 13.3 Å². The molecule has 0 heterocycles.